The molecule has 1 N–H and O–H groups in total. The van der Waals surface area contributed by atoms with Gasteiger partial charge in [-0.05, 0) is 43.7 Å². The largest absolute Gasteiger partial charge is 0.316 e. The predicted molar refractivity (Wildman–Crippen MR) is 81.2 cm³/mol. The van der Waals surface area contributed by atoms with Crippen LogP contribution in [0.3, 0.4) is 0 Å². The molecule has 0 spiro atoms. The van der Waals surface area contributed by atoms with Crippen molar-refractivity contribution in [2.75, 3.05) is 13.1 Å². The first-order chi connectivity index (χ1) is 8.67. The summed E-state index contributed by atoms with van der Waals surface area (Å²) in [6, 6.07) is 9.01. The van der Waals surface area contributed by atoms with Gasteiger partial charge in [0.2, 0.25) is 0 Å². The molecule has 1 aromatic rings. The number of hydrogen-bond donors (Lipinski definition) is 1. The molecule has 0 fully saturated rings. The SMILES string of the molecule is CCCNCC(CC(C)CC)c1cccc(C)c1. The van der Waals surface area contributed by atoms with E-state index in [9.17, 15) is 0 Å². The Kier molecular flexibility index (Phi) is 7.04. The average Bonchev–Trinajstić information content (AvgIpc) is 2.37. The predicted octanol–water partition coefficient (Wildman–Crippen LogP) is 4.51. The Morgan fingerprint density at radius 1 is 1.22 bits per heavy atom. The van der Waals surface area contributed by atoms with Crippen molar-refractivity contribution >= 4 is 0 Å². The highest BCUT2D eigenvalue weighted by molar-refractivity contribution is 5.25. The highest BCUT2D eigenvalue weighted by Crippen LogP contribution is 2.25. The van der Waals surface area contributed by atoms with Crippen LogP contribution in [0.5, 0.6) is 0 Å². The van der Waals surface area contributed by atoms with Crippen LogP contribution in [0.15, 0.2) is 24.3 Å². The zero-order valence-corrected chi connectivity index (χ0v) is 12.5. The molecule has 1 heteroatoms. The highest BCUT2D eigenvalue weighted by atomic mass is 14.8. The third-order valence-corrected chi connectivity index (χ3v) is 3.71. The van der Waals surface area contributed by atoms with Crippen LogP contribution in [0, 0.1) is 12.8 Å². The van der Waals surface area contributed by atoms with Crippen LogP contribution in [-0.2, 0) is 0 Å². The molecule has 2 atom stereocenters. The van der Waals surface area contributed by atoms with Gasteiger partial charge in [0.1, 0.15) is 0 Å². The number of benzene rings is 1. The molecule has 102 valence electrons. The second kappa shape index (κ2) is 8.31. The quantitative estimate of drug-likeness (QED) is 0.666. The van der Waals surface area contributed by atoms with E-state index in [4.69, 9.17) is 0 Å². The van der Waals surface area contributed by atoms with E-state index < -0.39 is 0 Å². The summed E-state index contributed by atoms with van der Waals surface area (Å²) in [4.78, 5) is 0. The number of hydrogen-bond acceptors (Lipinski definition) is 1. The van der Waals surface area contributed by atoms with Crippen LogP contribution in [0.2, 0.25) is 0 Å². The fraction of sp³-hybridized carbons (Fsp3) is 0.647. The van der Waals surface area contributed by atoms with E-state index in [2.05, 4.69) is 57.3 Å². The molecule has 0 saturated carbocycles. The van der Waals surface area contributed by atoms with Crippen molar-refractivity contribution in [2.45, 2.75) is 52.9 Å². The summed E-state index contributed by atoms with van der Waals surface area (Å²) >= 11 is 0. The number of rotatable bonds is 8. The fourth-order valence-corrected chi connectivity index (χ4v) is 2.37. The maximum Gasteiger partial charge on any atom is 0.00202 e. The van der Waals surface area contributed by atoms with Crippen molar-refractivity contribution in [2.24, 2.45) is 5.92 Å². The first-order valence-electron chi connectivity index (χ1n) is 7.44. The molecule has 0 bridgehead atoms. The van der Waals surface area contributed by atoms with Crippen LogP contribution in [-0.4, -0.2) is 13.1 Å². The average molecular weight is 247 g/mol. The summed E-state index contributed by atoms with van der Waals surface area (Å²) < 4.78 is 0. The summed E-state index contributed by atoms with van der Waals surface area (Å²) in [5, 5.41) is 3.58. The third kappa shape index (κ3) is 5.22. The van der Waals surface area contributed by atoms with Gasteiger partial charge in [0.15, 0.2) is 0 Å². The lowest BCUT2D eigenvalue weighted by Gasteiger charge is -2.21. The van der Waals surface area contributed by atoms with E-state index >= 15 is 0 Å². The number of nitrogens with one attached hydrogen (secondary N) is 1. The Bertz CT molecular complexity index is 332. The fourth-order valence-electron chi connectivity index (χ4n) is 2.37. The van der Waals surface area contributed by atoms with Crippen LogP contribution >= 0.6 is 0 Å². The minimum absolute atomic E-state index is 0.659. The minimum Gasteiger partial charge on any atom is -0.316 e. The summed E-state index contributed by atoms with van der Waals surface area (Å²) in [6.07, 6.45) is 3.77. The van der Waals surface area contributed by atoms with Gasteiger partial charge in [-0.1, -0.05) is 57.0 Å². The van der Waals surface area contributed by atoms with E-state index in [1.807, 2.05) is 0 Å². The van der Waals surface area contributed by atoms with E-state index in [1.165, 1.54) is 30.4 Å². The van der Waals surface area contributed by atoms with Gasteiger partial charge in [-0.25, -0.2) is 0 Å². The van der Waals surface area contributed by atoms with Crippen LogP contribution in [0.4, 0.5) is 0 Å². The second-order valence-electron chi connectivity index (χ2n) is 5.56. The second-order valence-corrected chi connectivity index (χ2v) is 5.56. The molecule has 18 heavy (non-hydrogen) atoms. The summed E-state index contributed by atoms with van der Waals surface area (Å²) in [6.45, 7) is 11.3. The van der Waals surface area contributed by atoms with Crippen molar-refractivity contribution in [3.8, 4) is 0 Å². The first-order valence-corrected chi connectivity index (χ1v) is 7.44. The molecular formula is C17H29N. The third-order valence-electron chi connectivity index (χ3n) is 3.71. The minimum atomic E-state index is 0.659. The zero-order valence-electron chi connectivity index (χ0n) is 12.5. The van der Waals surface area contributed by atoms with Crippen molar-refractivity contribution in [1.29, 1.82) is 0 Å². The summed E-state index contributed by atoms with van der Waals surface area (Å²) in [5.74, 6) is 1.46. The zero-order chi connectivity index (χ0) is 13.4. The van der Waals surface area contributed by atoms with Gasteiger partial charge in [0.25, 0.3) is 0 Å². The summed E-state index contributed by atoms with van der Waals surface area (Å²) in [5.41, 5.74) is 2.87. The van der Waals surface area contributed by atoms with Crippen molar-refractivity contribution < 1.29 is 0 Å². The Labute approximate surface area is 113 Å². The van der Waals surface area contributed by atoms with Gasteiger partial charge >= 0.3 is 0 Å². The van der Waals surface area contributed by atoms with Gasteiger partial charge in [0, 0.05) is 6.54 Å². The van der Waals surface area contributed by atoms with E-state index in [0.29, 0.717) is 5.92 Å². The van der Waals surface area contributed by atoms with Gasteiger partial charge in [-0.15, -0.1) is 0 Å². The molecular weight excluding hydrogens is 218 g/mol. The molecule has 2 unspecified atom stereocenters. The molecule has 0 radical (unpaired) electrons. The van der Waals surface area contributed by atoms with Gasteiger partial charge in [0.05, 0.1) is 0 Å². The molecule has 0 aliphatic heterocycles. The lowest BCUT2D eigenvalue weighted by atomic mass is 9.87. The van der Waals surface area contributed by atoms with E-state index in [0.717, 1.165) is 19.0 Å². The van der Waals surface area contributed by atoms with Crippen LogP contribution in [0.1, 0.15) is 57.1 Å². The standard InChI is InChI=1S/C17H29N/c1-5-10-18-13-17(11-14(3)6-2)16-9-7-8-15(4)12-16/h7-9,12,14,17-18H,5-6,10-11,13H2,1-4H3. The molecule has 0 aliphatic rings. The van der Waals surface area contributed by atoms with E-state index in [-0.39, 0.29) is 0 Å². The van der Waals surface area contributed by atoms with Gasteiger partial charge in [-0.3, -0.25) is 0 Å². The normalized spacial score (nSPS) is 14.4. The Morgan fingerprint density at radius 2 is 2.00 bits per heavy atom. The maximum atomic E-state index is 3.58. The lowest BCUT2D eigenvalue weighted by molar-refractivity contribution is 0.436. The number of aryl methyl sites for hydroxylation is 1. The molecule has 0 saturated heterocycles. The van der Waals surface area contributed by atoms with E-state index in [1.54, 1.807) is 0 Å². The smallest absolute Gasteiger partial charge is 0.00202 e. The van der Waals surface area contributed by atoms with Crippen LogP contribution in [0.25, 0.3) is 0 Å². The van der Waals surface area contributed by atoms with Gasteiger partial charge < -0.3 is 5.32 Å². The Balaban J connectivity index is 2.69. The topological polar surface area (TPSA) is 12.0 Å². The lowest BCUT2D eigenvalue weighted by Crippen LogP contribution is -2.23. The monoisotopic (exact) mass is 247 g/mol. The van der Waals surface area contributed by atoms with Gasteiger partial charge in [-0.2, -0.15) is 0 Å². The summed E-state index contributed by atoms with van der Waals surface area (Å²) in [7, 11) is 0. The molecule has 1 nitrogen and oxygen atoms in total. The molecule has 0 aromatic heterocycles. The molecule has 0 amide bonds. The Morgan fingerprint density at radius 3 is 2.61 bits per heavy atom. The Hall–Kier alpha value is -0.820. The van der Waals surface area contributed by atoms with Crippen molar-refractivity contribution in [3.63, 3.8) is 0 Å². The molecule has 1 rings (SSSR count). The van der Waals surface area contributed by atoms with Crippen molar-refractivity contribution in [3.05, 3.63) is 35.4 Å². The first kappa shape index (κ1) is 15.2. The molecule has 1 aromatic carbocycles. The van der Waals surface area contributed by atoms with Crippen molar-refractivity contribution in [1.82, 2.24) is 5.32 Å². The van der Waals surface area contributed by atoms with Crippen LogP contribution < -0.4 is 5.32 Å². The molecule has 0 aliphatic carbocycles. The molecule has 0 heterocycles. The highest BCUT2D eigenvalue weighted by Gasteiger charge is 2.14. The maximum absolute atomic E-state index is 3.58.